The zero-order valence-electron chi connectivity index (χ0n) is 15.0. The van der Waals surface area contributed by atoms with Crippen molar-refractivity contribution in [2.75, 3.05) is 13.1 Å². The van der Waals surface area contributed by atoms with Crippen LogP contribution in [-0.4, -0.2) is 35.3 Å². The van der Waals surface area contributed by atoms with Crippen molar-refractivity contribution in [2.24, 2.45) is 0 Å². The third-order valence-corrected chi connectivity index (χ3v) is 5.08. The maximum absolute atomic E-state index is 12.8. The minimum atomic E-state index is -0.936. The van der Waals surface area contributed by atoms with Crippen LogP contribution in [0.15, 0.2) is 48.5 Å². The molecule has 1 unspecified atom stereocenters. The molecule has 2 amide bonds. The molecule has 0 aliphatic carbocycles. The molecule has 0 saturated carbocycles. The second kappa shape index (κ2) is 7.81. The van der Waals surface area contributed by atoms with Crippen LogP contribution in [0.3, 0.4) is 0 Å². The predicted octanol–water partition coefficient (Wildman–Crippen LogP) is 3.18. The fourth-order valence-corrected chi connectivity index (χ4v) is 3.47. The second-order valence-electron chi connectivity index (χ2n) is 6.90. The maximum atomic E-state index is 12.8. The van der Waals surface area contributed by atoms with Crippen LogP contribution >= 0.6 is 11.6 Å². The lowest BCUT2D eigenvalue weighted by Crippen LogP contribution is -2.52. The molecule has 2 aromatic carbocycles. The molecule has 27 heavy (non-hydrogen) atoms. The van der Waals surface area contributed by atoms with Crippen LogP contribution in [0.4, 0.5) is 0 Å². The number of carbonyl (C=O) groups is 2. The normalized spacial score (nSPS) is 19.0. The monoisotopic (exact) mass is 381 g/mol. The molecule has 3 rings (SSSR count). The van der Waals surface area contributed by atoms with Crippen LogP contribution in [0.5, 0.6) is 0 Å². The average Bonchev–Trinajstić information content (AvgIpc) is 2.94. The number of hydrogen-bond donors (Lipinski definition) is 1. The maximum Gasteiger partial charge on any atom is 0.252 e. The molecular formula is C21H20ClN3O2. The Balaban J connectivity index is 1.64. The van der Waals surface area contributed by atoms with Crippen molar-refractivity contribution in [2.45, 2.75) is 25.3 Å². The zero-order chi connectivity index (χ0) is 19.4. The summed E-state index contributed by atoms with van der Waals surface area (Å²) in [4.78, 5) is 27.1. The van der Waals surface area contributed by atoms with Gasteiger partial charge in [0.15, 0.2) is 0 Å². The summed E-state index contributed by atoms with van der Waals surface area (Å²) in [7, 11) is 0. The number of carbonyl (C=O) groups excluding carboxylic acids is 2. The fraction of sp³-hybridized carbons (Fsp3) is 0.286. The first-order valence-corrected chi connectivity index (χ1v) is 9.15. The van der Waals surface area contributed by atoms with E-state index >= 15 is 0 Å². The van der Waals surface area contributed by atoms with Gasteiger partial charge in [-0.15, -0.1) is 0 Å². The van der Waals surface area contributed by atoms with Gasteiger partial charge in [-0.2, -0.15) is 5.26 Å². The highest BCUT2D eigenvalue weighted by molar-refractivity contribution is 6.30. The molecule has 1 aliphatic heterocycles. The molecule has 5 nitrogen and oxygen atoms in total. The van der Waals surface area contributed by atoms with E-state index in [1.807, 2.05) is 30.3 Å². The molecular weight excluding hydrogens is 362 g/mol. The molecule has 1 N–H and O–H groups in total. The summed E-state index contributed by atoms with van der Waals surface area (Å²) >= 11 is 6.00. The number of benzene rings is 2. The number of halogens is 1. The molecule has 2 aromatic rings. The summed E-state index contributed by atoms with van der Waals surface area (Å²) in [6, 6.07) is 16.0. The van der Waals surface area contributed by atoms with E-state index in [1.165, 1.54) is 6.07 Å². The lowest BCUT2D eigenvalue weighted by atomic mass is 9.99. The SMILES string of the molecule is CC1(NC(=O)c2cccc(C#N)c2)CCN(CCc2cccc(Cl)c2)C1=O. The summed E-state index contributed by atoms with van der Waals surface area (Å²) < 4.78 is 0. The van der Waals surface area contributed by atoms with E-state index in [0.29, 0.717) is 42.1 Å². The number of likely N-dealkylation sites (tertiary alicyclic amines) is 1. The van der Waals surface area contributed by atoms with E-state index in [9.17, 15) is 9.59 Å². The van der Waals surface area contributed by atoms with Gasteiger partial charge in [0.25, 0.3) is 5.91 Å². The number of hydrogen-bond acceptors (Lipinski definition) is 3. The number of nitrogens with zero attached hydrogens (tertiary/aromatic N) is 2. The Kier molecular flexibility index (Phi) is 5.48. The second-order valence-corrected chi connectivity index (χ2v) is 7.34. The van der Waals surface area contributed by atoms with E-state index in [2.05, 4.69) is 5.32 Å². The molecule has 0 aromatic heterocycles. The lowest BCUT2D eigenvalue weighted by Gasteiger charge is -2.25. The van der Waals surface area contributed by atoms with E-state index in [-0.39, 0.29) is 11.8 Å². The van der Waals surface area contributed by atoms with E-state index in [4.69, 9.17) is 16.9 Å². The highest BCUT2D eigenvalue weighted by Crippen LogP contribution is 2.24. The van der Waals surface area contributed by atoms with Crippen LogP contribution in [0, 0.1) is 11.3 Å². The van der Waals surface area contributed by atoms with Gasteiger partial charge in [0.1, 0.15) is 5.54 Å². The highest BCUT2D eigenvalue weighted by atomic mass is 35.5. The van der Waals surface area contributed by atoms with Crippen LogP contribution in [0.2, 0.25) is 5.02 Å². The Hall–Kier alpha value is -2.84. The zero-order valence-corrected chi connectivity index (χ0v) is 15.8. The number of amides is 2. The minimum absolute atomic E-state index is 0.0886. The molecule has 1 saturated heterocycles. The lowest BCUT2D eigenvalue weighted by molar-refractivity contribution is -0.132. The van der Waals surface area contributed by atoms with Gasteiger partial charge in [0.05, 0.1) is 11.6 Å². The van der Waals surface area contributed by atoms with Crippen molar-refractivity contribution in [1.82, 2.24) is 10.2 Å². The molecule has 0 radical (unpaired) electrons. The number of nitriles is 1. The van der Waals surface area contributed by atoms with E-state index in [1.54, 1.807) is 30.0 Å². The average molecular weight is 382 g/mol. The van der Waals surface area contributed by atoms with Crippen LogP contribution < -0.4 is 5.32 Å². The van der Waals surface area contributed by atoms with Gasteiger partial charge in [-0.3, -0.25) is 9.59 Å². The summed E-state index contributed by atoms with van der Waals surface area (Å²) in [6.07, 6.45) is 1.26. The third-order valence-electron chi connectivity index (χ3n) is 4.84. The predicted molar refractivity (Wildman–Crippen MR) is 103 cm³/mol. The Morgan fingerprint density at radius 2 is 2.07 bits per heavy atom. The molecule has 1 fully saturated rings. The van der Waals surface area contributed by atoms with Crippen molar-refractivity contribution in [3.05, 3.63) is 70.2 Å². The molecule has 138 valence electrons. The Morgan fingerprint density at radius 3 is 2.81 bits per heavy atom. The standard InChI is InChI=1S/C21H20ClN3O2/c1-21(24-19(26)17-6-2-5-16(12-17)14-23)9-11-25(20(21)27)10-8-15-4-3-7-18(22)13-15/h2-7,12-13H,8-11H2,1H3,(H,24,26). The topological polar surface area (TPSA) is 73.2 Å². The molecule has 1 heterocycles. The number of nitrogens with one attached hydrogen (secondary N) is 1. The van der Waals surface area contributed by atoms with Gasteiger partial charge in [-0.1, -0.05) is 29.8 Å². The molecule has 1 aliphatic rings. The van der Waals surface area contributed by atoms with Crippen LogP contribution in [0.1, 0.15) is 34.8 Å². The molecule has 0 bridgehead atoms. The summed E-state index contributed by atoms with van der Waals surface area (Å²) in [5.41, 5.74) is 0.920. The first kappa shape index (κ1) is 18.9. The minimum Gasteiger partial charge on any atom is -0.340 e. The first-order chi connectivity index (χ1) is 12.9. The quantitative estimate of drug-likeness (QED) is 0.864. The van der Waals surface area contributed by atoms with Gasteiger partial charge in [0, 0.05) is 23.7 Å². The van der Waals surface area contributed by atoms with Gasteiger partial charge in [-0.25, -0.2) is 0 Å². The van der Waals surface area contributed by atoms with Crippen LogP contribution in [-0.2, 0) is 11.2 Å². The molecule has 1 atom stereocenters. The van der Waals surface area contributed by atoms with Crippen LogP contribution in [0.25, 0.3) is 0 Å². The molecule has 0 spiro atoms. The Bertz CT molecular complexity index is 922. The van der Waals surface area contributed by atoms with Crippen molar-refractivity contribution in [3.63, 3.8) is 0 Å². The van der Waals surface area contributed by atoms with Crippen molar-refractivity contribution >= 4 is 23.4 Å². The number of rotatable bonds is 5. The van der Waals surface area contributed by atoms with Crippen molar-refractivity contribution in [3.8, 4) is 6.07 Å². The molecule has 6 heteroatoms. The summed E-state index contributed by atoms with van der Waals surface area (Å²) in [5, 5.41) is 12.5. The van der Waals surface area contributed by atoms with Gasteiger partial charge in [-0.05, 0) is 55.7 Å². The Morgan fingerprint density at radius 1 is 1.30 bits per heavy atom. The van der Waals surface area contributed by atoms with E-state index < -0.39 is 5.54 Å². The fourth-order valence-electron chi connectivity index (χ4n) is 3.25. The smallest absolute Gasteiger partial charge is 0.252 e. The van der Waals surface area contributed by atoms with E-state index in [0.717, 1.165) is 5.56 Å². The first-order valence-electron chi connectivity index (χ1n) is 8.78. The highest BCUT2D eigenvalue weighted by Gasteiger charge is 2.43. The van der Waals surface area contributed by atoms with Gasteiger partial charge in [0.2, 0.25) is 5.91 Å². The van der Waals surface area contributed by atoms with Gasteiger partial charge >= 0.3 is 0 Å². The van der Waals surface area contributed by atoms with Crippen molar-refractivity contribution in [1.29, 1.82) is 5.26 Å². The largest absolute Gasteiger partial charge is 0.340 e. The summed E-state index contributed by atoms with van der Waals surface area (Å²) in [5.74, 6) is -0.436. The van der Waals surface area contributed by atoms with Gasteiger partial charge < -0.3 is 10.2 Å². The Labute approximate surface area is 163 Å². The third kappa shape index (κ3) is 4.29. The van der Waals surface area contributed by atoms with Crippen molar-refractivity contribution < 1.29 is 9.59 Å². The summed E-state index contributed by atoms with van der Waals surface area (Å²) in [6.45, 7) is 2.92.